The van der Waals surface area contributed by atoms with Crippen molar-refractivity contribution in [2.45, 2.75) is 83.2 Å². The number of rotatable bonds is 4. The molecule has 2 aliphatic carbocycles. The number of hydrogen-bond acceptors (Lipinski definition) is 3. The Morgan fingerprint density at radius 1 is 1.00 bits per heavy atom. The maximum atomic E-state index is 10.1. The van der Waals surface area contributed by atoms with E-state index in [2.05, 4.69) is 9.84 Å². The van der Waals surface area contributed by atoms with Gasteiger partial charge < -0.3 is 14.7 Å². The van der Waals surface area contributed by atoms with Crippen LogP contribution in [-0.4, -0.2) is 30.2 Å². The maximum Gasteiger partial charge on any atom is 0.325 e. The SMILES string of the molecule is C1CCC(NC2CCCCC2)CC1.CCOP(C)(=O)O. The number of nitrogens with one attached hydrogen (secondary N) is 1. The molecule has 2 aliphatic rings. The fourth-order valence-corrected chi connectivity index (χ4v) is 3.59. The smallest absolute Gasteiger partial charge is 0.324 e. The van der Waals surface area contributed by atoms with E-state index in [0.29, 0.717) is 6.61 Å². The summed E-state index contributed by atoms with van der Waals surface area (Å²) in [6.45, 7) is 3.13. The van der Waals surface area contributed by atoms with Crippen molar-refractivity contribution in [1.29, 1.82) is 0 Å². The molecule has 5 heteroatoms. The Morgan fingerprint density at radius 3 is 1.65 bits per heavy atom. The second-order valence-corrected chi connectivity index (χ2v) is 7.92. The number of hydrogen-bond donors (Lipinski definition) is 2. The Morgan fingerprint density at radius 2 is 1.40 bits per heavy atom. The molecule has 0 saturated heterocycles. The van der Waals surface area contributed by atoms with E-state index in [9.17, 15) is 4.57 Å². The van der Waals surface area contributed by atoms with Gasteiger partial charge in [-0.3, -0.25) is 4.57 Å². The van der Waals surface area contributed by atoms with E-state index in [4.69, 9.17) is 4.89 Å². The summed E-state index contributed by atoms with van der Waals surface area (Å²) < 4.78 is 14.5. The summed E-state index contributed by atoms with van der Waals surface area (Å²) in [6.07, 6.45) is 14.6. The van der Waals surface area contributed by atoms with E-state index >= 15 is 0 Å². The van der Waals surface area contributed by atoms with Crippen LogP contribution in [0.2, 0.25) is 0 Å². The van der Waals surface area contributed by atoms with Crippen LogP contribution in [0.4, 0.5) is 0 Å². The van der Waals surface area contributed by atoms with Crippen molar-refractivity contribution >= 4 is 7.60 Å². The van der Waals surface area contributed by atoms with Crippen LogP contribution in [-0.2, 0) is 9.09 Å². The monoisotopic (exact) mass is 305 g/mol. The van der Waals surface area contributed by atoms with Crippen LogP contribution < -0.4 is 5.32 Å². The first-order valence-corrected chi connectivity index (χ1v) is 10.2. The molecule has 0 radical (unpaired) electrons. The van der Waals surface area contributed by atoms with Crippen LogP contribution >= 0.6 is 7.60 Å². The first-order valence-electron chi connectivity index (χ1n) is 8.22. The van der Waals surface area contributed by atoms with Gasteiger partial charge in [0.1, 0.15) is 0 Å². The van der Waals surface area contributed by atoms with E-state index in [1.165, 1.54) is 64.2 Å². The lowest BCUT2D eigenvalue weighted by molar-refractivity contribution is 0.279. The molecule has 0 amide bonds. The molecule has 2 fully saturated rings. The standard InChI is InChI=1S/C12H23N.C3H9O3P/c1-3-7-11(8-4-1)13-12-9-5-2-6-10-12;1-3-6-7(2,4)5/h11-13H,1-10H2;3H2,1-2H3,(H,4,5). The predicted molar refractivity (Wildman–Crippen MR) is 84.3 cm³/mol. The molecule has 1 atom stereocenters. The summed E-state index contributed by atoms with van der Waals surface area (Å²) in [5.74, 6) is 0. The van der Waals surface area contributed by atoms with Gasteiger partial charge in [0.15, 0.2) is 0 Å². The quantitative estimate of drug-likeness (QED) is 0.768. The van der Waals surface area contributed by atoms with Crippen LogP contribution in [0.25, 0.3) is 0 Å². The second-order valence-electron chi connectivity index (χ2n) is 6.06. The highest BCUT2D eigenvalue weighted by atomic mass is 31.2. The van der Waals surface area contributed by atoms with Gasteiger partial charge >= 0.3 is 7.60 Å². The van der Waals surface area contributed by atoms with Gasteiger partial charge in [-0.25, -0.2) is 0 Å². The van der Waals surface area contributed by atoms with Crippen molar-refractivity contribution < 1.29 is 14.0 Å². The summed E-state index contributed by atoms with van der Waals surface area (Å²) in [4.78, 5) is 8.35. The van der Waals surface area contributed by atoms with Crippen molar-refractivity contribution in [1.82, 2.24) is 5.32 Å². The van der Waals surface area contributed by atoms with E-state index in [1.54, 1.807) is 6.92 Å². The molecule has 2 rings (SSSR count). The van der Waals surface area contributed by atoms with Crippen LogP contribution in [0, 0.1) is 0 Å². The minimum atomic E-state index is -3.17. The zero-order valence-electron chi connectivity index (χ0n) is 13.1. The van der Waals surface area contributed by atoms with Crippen molar-refractivity contribution in [3.8, 4) is 0 Å². The normalized spacial score (nSPS) is 24.6. The third-order valence-corrected chi connectivity index (χ3v) is 4.79. The molecule has 2 N–H and O–H groups in total. The Hall–Kier alpha value is 0.110. The lowest BCUT2D eigenvalue weighted by atomic mass is 9.91. The lowest BCUT2D eigenvalue weighted by Crippen LogP contribution is -2.40. The van der Waals surface area contributed by atoms with Crippen molar-refractivity contribution in [3.05, 3.63) is 0 Å². The van der Waals surface area contributed by atoms with Crippen LogP contribution in [0.3, 0.4) is 0 Å². The zero-order valence-corrected chi connectivity index (χ0v) is 14.0. The summed E-state index contributed by atoms with van der Waals surface area (Å²) in [5, 5.41) is 3.86. The zero-order chi connectivity index (χ0) is 14.8. The fourth-order valence-electron chi connectivity index (χ4n) is 3.11. The van der Waals surface area contributed by atoms with Gasteiger partial charge in [0.2, 0.25) is 0 Å². The summed E-state index contributed by atoms with van der Waals surface area (Å²) in [5.41, 5.74) is 0. The third-order valence-electron chi connectivity index (χ3n) is 4.05. The van der Waals surface area contributed by atoms with E-state index < -0.39 is 7.60 Å². The minimum absolute atomic E-state index is 0.296. The highest BCUT2D eigenvalue weighted by Crippen LogP contribution is 2.35. The van der Waals surface area contributed by atoms with Gasteiger partial charge in [0, 0.05) is 18.7 Å². The lowest BCUT2D eigenvalue weighted by Gasteiger charge is -2.30. The molecule has 0 aliphatic heterocycles. The third kappa shape index (κ3) is 9.12. The average molecular weight is 305 g/mol. The first kappa shape index (κ1) is 18.2. The first-order chi connectivity index (χ1) is 9.51. The summed E-state index contributed by atoms with van der Waals surface area (Å²) in [7, 11) is -3.17. The fraction of sp³-hybridized carbons (Fsp3) is 1.00. The van der Waals surface area contributed by atoms with Gasteiger partial charge in [0.05, 0.1) is 6.61 Å². The van der Waals surface area contributed by atoms with E-state index in [-0.39, 0.29) is 0 Å². The largest absolute Gasteiger partial charge is 0.325 e. The summed E-state index contributed by atoms with van der Waals surface area (Å²) in [6, 6.07) is 1.74. The molecule has 1 unspecified atom stereocenters. The van der Waals surface area contributed by atoms with Crippen molar-refractivity contribution in [3.63, 3.8) is 0 Å². The van der Waals surface area contributed by atoms with Gasteiger partial charge in [-0.2, -0.15) is 0 Å². The highest BCUT2D eigenvalue weighted by Gasteiger charge is 2.19. The molecular formula is C15H32NO3P. The summed E-state index contributed by atoms with van der Waals surface area (Å²) >= 11 is 0. The molecule has 2 saturated carbocycles. The van der Waals surface area contributed by atoms with Gasteiger partial charge in [-0.1, -0.05) is 38.5 Å². The Balaban J connectivity index is 0.000000246. The molecule has 0 aromatic heterocycles. The second kappa shape index (κ2) is 9.94. The molecule has 0 bridgehead atoms. The van der Waals surface area contributed by atoms with Crippen molar-refractivity contribution in [2.75, 3.05) is 13.3 Å². The van der Waals surface area contributed by atoms with E-state index in [1.807, 2.05) is 0 Å². The van der Waals surface area contributed by atoms with Crippen LogP contribution in [0.1, 0.15) is 71.1 Å². The van der Waals surface area contributed by atoms with Crippen LogP contribution in [0.15, 0.2) is 0 Å². The molecule has 120 valence electrons. The average Bonchev–Trinajstić information content (AvgIpc) is 2.40. The molecule has 4 nitrogen and oxygen atoms in total. The van der Waals surface area contributed by atoms with Crippen molar-refractivity contribution in [2.24, 2.45) is 0 Å². The predicted octanol–water partition coefficient (Wildman–Crippen LogP) is 4.08. The Bertz CT molecular complexity index is 265. The molecular weight excluding hydrogens is 273 g/mol. The molecule has 0 heterocycles. The Labute approximate surface area is 124 Å². The maximum absolute atomic E-state index is 10.1. The minimum Gasteiger partial charge on any atom is -0.324 e. The van der Waals surface area contributed by atoms with Gasteiger partial charge in [-0.15, -0.1) is 0 Å². The van der Waals surface area contributed by atoms with Gasteiger partial charge in [0.25, 0.3) is 0 Å². The highest BCUT2D eigenvalue weighted by molar-refractivity contribution is 7.51. The molecule has 0 aromatic rings. The van der Waals surface area contributed by atoms with E-state index in [0.717, 1.165) is 18.7 Å². The molecule has 0 spiro atoms. The molecule has 20 heavy (non-hydrogen) atoms. The molecule has 0 aromatic carbocycles. The van der Waals surface area contributed by atoms with Gasteiger partial charge in [-0.05, 0) is 32.6 Å². The Kier molecular flexibility index (Phi) is 9.03. The topological polar surface area (TPSA) is 58.6 Å². The van der Waals surface area contributed by atoms with Crippen LogP contribution in [0.5, 0.6) is 0 Å².